The molecule has 1 saturated carbocycles. The molecule has 2 fully saturated rings. The van der Waals surface area contributed by atoms with Gasteiger partial charge in [0.2, 0.25) is 0 Å². The minimum Gasteiger partial charge on any atom is -0.377 e. The maximum Gasteiger partial charge on any atom is 0.0700 e. The van der Waals surface area contributed by atoms with E-state index in [1.165, 1.54) is 37.7 Å². The monoisotopic (exact) mass is 273 g/mol. The third kappa shape index (κ3) is 3.24. The quantitative estimate of drug-likeness (QED) is 0.892. The van der Waals surface area contributed by atoms with Crippen LogP contribution in [0.25, 0.3) is 0 Å². The highest BCUT2D eigenvalue weighted by Crippen LogP contribution is 2.35. The largest absolute Gasteiger partial charge is 0.377 e. The molecule has 110 valence electrons. The number of hydrogen-bond donors (Lipinski definition) is 1. The summed E-state index contributed by atoms with van der Waals surface area (Å²) in [5.74, 6) is 0.791. The Labute approximate surface area is 122 Å². The zero-order valence-electron chi connectivity index (χ0n) is 12.6. The van der Waals surface area contributed by atoms with E-state index in [0.717, 1.165) is 18.9 Å². The molecule has 0 bridgehead atoms. The van der Waals surface area contributed by atoms with Gasteiger partial charge in [-0.3, -0.25) is 0 Å². The van der Waals surface area contributed by atoms with Gasteiger partial charge in [-0.15, -0.1) is 0 Å². The lowest BCUT2D eigenvalue weighted by atomic mass is 9.80. The molecule has 0 amide bonds. The Kier molecular flexibility index (Phi) is 4.74. The molecule has 0 aromatic heterocycles. The zero-order chi connectivity index (χ0) is 13.8. The van der Waals surface area contributed by atoms with E-state index in [-0.39, 0.29) is 0 Å². The molecular weight excluding hydrogens is 246 g/mol. The van der Waals surface area contributed by atoms with Crippen molar-refractivity contribution in [2.24, 2.45) is 5.92 Å². The number of ether oxygens (including phenoxy) is 1. The average Bonchev–Trinajstić information content (AvgIpc) is 2.92. The van der Waals surface area contributed by atoms with Gasteiger partial charge in [0.25, 0.3) is 0 Å². The Morgan fingerprint density at radius 3 is 2.45 bits per heavy atom. The molecule has 0 spiro atoms. The van der Waals surface area contributed by atoms with Crippen LogP contribution in [0.2, 0.25) is 0 Å². The lowest BCUT2D eigenvalue weighted by Crippen LogP contribution is -2.41. The summed E-state index contributed by atoms with van der Waals surface area (Å²) in [6.07, 6.45) is 8.45. The van der Waals surface area contributed by atoms with Crippen LogP contribution in [0, 0.1) is 5.92 Å². The SMILES string of the molecule is CC1OCCC1NC(c1ccccc1)C1CCCCC1. The molecule has 2 aliphatic rings. The molecule has 1 heterocycles. The second kappa shape index (κ2) is 6.73. The van der Waals surface area contributed by atoms with E-state index >= 15 is 0 Å². The molecular formula is C18H27NO. The van der Waals surface area contributed by atoms with Crippen molar-refractivity contribution in [2.45, 2.75) is 63.6 Å². The normalized spacial score (nSPS) is 29.4. The summed E-state index contributed by atoms with van der Waals surface area (Å²) in [7, 11) is 0. The number of rotatable bonds is 4. The Morgan fingerprint density at radius 1 is 1.05 bits per heavy atom. The van der Waals surface area contributed by atoms with Crippen molar-refractivity contribution in [1.82, 2.24) is 5.32 Å². The van der Waals surface area contributed by atoms with E-state index in [9.17, 15) is 0 Å². The minimum atomic E-state index is 0.352. The molecule has 1 aromatic carbocycles. The molecule has 2 nitrogen and oxygen atoms in total. The number of hydrogen-bond acceptors (Lipinski definition) is 2. The van der Waals surface area contributed by atoms with Crippen molar-refractivity contribution < 1.29 is 4.74 Å². The van der Waals surface area contributed by atoms with Crippen LogP contribution in [-0.2, 0) is 4.74 Å². The summed E-state index contributed by atoms with van der Waals surface area (Å²) in [6, 6.07) is 12.0. The molecule has 3 rings (SSSR count). The Hall–Kier alpha value is -0.860. The number of benzene rings is 1. The Morgan fingerprint density at radius 2 is 1.80 bits per heavy atom. The molecule has 1 N–H and O–H groups in total. The van der Waals surface area contributed by atoms with Gasteiger partial charge in [-0.2, -0.15) is 0 Å². The molecule has 1 aromatic rings. The molecule has 20 heavy (non-hydrogen) atoms. The fourth-order valence-corrected chi connectivity index (χ4v) is 3.81. The van der Waals surface area contributed by atoms with E-state index in [1.54, 1.807) is 0 Å². The number of nitrogens with one attached hydrogen (secondary N) is 1. The smallest absolute Gasteiger partial charge is 0.0700 e. The molecule has 1 aliphatic heterocycles. The highest BCUT2D eigenvalue weighted by molar-refractivity contribution is 5.20. The van der Waals surface area contributed by atoms with Crippen LogP contribution in [0.5, 0.6) is 0 Å². The van der Waals surface area contributed by atoms with Crippen molar-refractivity contribution in [3.63, 3.8) is 0 Å². The van der Waals surface area contributed by atoms with Gasteiger partial charge >= 0.3 is 0 Å². The van der Waals surface area contributed by atoms with Crippen LogP contribution in [0.4, 0.5) is 0 Å². The van der Waals surface area contributed by atoms with Gasteiger partial charge in [0, 0.05) is 18.7 Å². The summed E-state index contributed by atoms with van der Waals surface area (Å²) in [5, 5.41) is 3.93. The van der Waals surface area contributed by atoms with E-state index < -0.39 is 0 Å². The van der Waals surface area contributed by atoms with Gasteiger partial charge in [-0.1, -0.05) is 49.6 Å². The van der Waals surface area contributed by atoms with Crippen molar-refractivity contribution >= 4 is 0 Å². The minimum absolute atomic E-state index is 0.352. The first-order valence-corrected chi connectivity index (χ1v) is 8.27. The first kappa shape index (κ1) is 14.1. The molecule has 1 aliphatic carbocycles. The average molecular weight is 273 g/mol. The standard InChI is InChI=1S/C18H27NO/c1-14-17(12-13-20-14)19-18(15-8-4-2-5-9-15)16-10-6-3-7-11-16/h2,4-5,8-9,14,16-19H,3,6-7,10-13H2,1H3. The Balaban J connectivity index is 1.75. The fourth-order valence-electron chi connectivity index (χ4n) is 3.81. The third-order valence-electron chi connectivity index (χ3n) is 5.05. The first-order valence-electron chi connectivity index (χ1n) is 8.27. The summed E-state index contributed by atoms with van der Waals surface area (Å²) in [6.45, 7) is 3.11. The zero-order valence-corrected chi connectivity index (χ0v) is 12.6. The predicted molar refractivity (Wildman–Crippen MR) is 82.7 cm³/mol. The molecule has 1 saturated heterocycles. The molecule has 3 unspecified atom stereocenters. The topological polar surface area (TPSA) is 21.3 Å². The van der Waals surface area contributed by atoms with Gasteiger partial charge in [-0.25, -0.2) is 0 Å². The molecule has 0 radical (unpaired) electrons. The maximum atomic E-state index is 5.73. The highest BCUT2D eigenvalue weighted by Gasteiger charge is 2.31. The van der Waals surface area contributed by atoms with Crippen LogP contribution < -0.4 is 5.32 Å². The van der Waals surface area contributed by atoms with Crippen molar-refractivity contribution in [2.75, 3.05) is 6.61 Å². The molecule has 3 atom stereocenters. The van der Waals surface area contributed by atoms with E-state index in [4.69, 9.17) is 4.74 Å². The lowest BCUT2D eigenvalue weighted by Gasteiger charge is -2.34. The third-order valence-corrected chi connectivity index (χ3v) is 5.05. The first-order chi connectivity index (χ1) is 9.84. The second-order valence-corrected chi connectivity index (χ2v) is 6.42. The van der Waals surface area contributed by atoms with Crippen LogP contribution >= 0.6 is 0 Å². The van der Waals surface area contributed by atoms with E-state index in [0.29, 0.717) is 18.2 Å². The Bertz CT molecular complexity index is 399. The maximum absolute atomic E-state index is 5.73. The van der Waals surface area contributed by atoms with Gasteiger partial charge in [0.05, 0.1) is 6.10 Å². The van der Waals surface area contributed by atoms with E-state index in [1.807, 2.05) is 0 Å². The van der Waals surface area contributed by atoms with Crippen molar-refractivity contribution in [3.8, 4) is 0 Å². The van der Waals surface area contributed by atoms with Crippen LogP contribution in [-0.4, -0.2) is 18.8 Å². The summed E-state index contributed by atoms with van der Waals surface area (Å²) < 4.78 is 5.73. The summed E-state index contributed by atoms with van der Waals surface area (Å²) in [4.78, 5) is 0. The van der Waals surface area contributed by atoms with Gasteiger partial charge < -0.3 is 10.1 Å². The van der Waals surface area contributed by atoms with Crippen LogP contribution in [0.1, 0.15) is 57.1 Å². The molecule has 2 heteroatoms. The second-order valence-electron chi connectivity index (χ2n) is 6.42. The van der Waals surface area contributed by atoms with Gasteiger partial charge in [0.15, 0.2) is 0 Å². The van der Waals surface area contributed by atoms with E-state index in [2.05, 4.69) is 42.6 Å². The highest BCUT2D eigenvalue weighted by atomic mass is 16.5. The predicted octanol–water partition coefficient (Wildman–Crippen LogP) is 4.08. The summed E-state index contributed by atoms with van der Waals surface area (Å²) in [5.41, 5.74) is 1.46. The lowest BCUT2D eigenvalue weighted by molar-refractivity contribution is 0.107. The van der Waals surface area contributed by atoms with Gasteiger partial charge in [-0.05, 0) is 37.7 Å². The summed E-state index contributed by atoms with van der Waals surface area (Å²) >= 11 is 0. The van der Waals surface area contributed by atoms with Gasteiger partial charge in [0.1, 0.15) is 0 Å². The fraction of sp³-hybridized carbons (Fsp3) is 0.667. The van der Waals surface area contributed by atoms with Crippen LogP contribution in [0.3, 0.4) is 0 Å². The van der Waals surface area contributed by atoms with Crippen molar-refractivity contribution in [3.05, 3.63) is 35.9 Å². The van der Waals surface area contributed by atoms with Crippen LogP contribution in [0.15, 0.2) is 30.3 Å². The van der Waals surface area contributed by atoms with Crippen molar-refractivity contribution in [1.29, 1.82) is 0 Å².